The molecule has 0 atom stereocenters. The quantitative estimate of drug-likeness (QED) is 0.276. The molecule has 180 valence electrons. The standard InChI is InChI=1S/C24H28F3NO5/c1-3-6-21(29)33-20-8-5-7-19(24(25,26)27)22(20)23(30)28-14-13-17-9-11-18(12-10-17)32-16-15-31-4-2/h5,7-12H,3-4,6,13-16H2,1-2H3,(H,28,30). The monoisotopic (exact) mass is 467 g/mol. The molecule has 0 radical (unpaired) electrons. The van der Waals surface area contributed by atoms with E-state index in [9.17, 15) is 22.8 Å². The van der Waals surface area contributed by atoms with Crippen LogP contribution in [0.5, 0.6) is 11.5 Å². The van der Waals surface area contributed by atoms with E-state index < -0.39 is 34.9 Å². The highest BCUT2D eigenvalue weighted by Crippen LogP contribution is 2.36. The molecule has 9 heteroatoms. The highest BCUT2D eigenvalue weighted by atomic mass is 19.4. The lowest BCUT2D eigenvalue weighted by atomic mass is 10.0. The van der Waals surface area contributed by atoms with Gasteiger partial charge in [0.25, 0.3) is 5.91 Å². The molecular weight excluding hydrogens is 439 g/mol. The Morgan fingerprint density at radius 3 is 2.36 bits per heavy atom. The Hall–Kier alpha value is -3.07. The van der Waals surface area contributed by atoms with Crippen molar-refractivity contribution in [1.29, 1.82) is 0 Å². The molecule has 33 heavy (non-hydrogen) atoms. The Kier molecular flexibility index (Phi) is 10.2. The van der Waals surface area contributed by atoms with Crippen molar-refractivity contribution in [3.8, 4) is 11.5 Å². The van der Waals surface area contributed by atoms with E-state index in [4.69, 9.17) is 14.2 Å². The number of alkyl halides is 3. The predicted molar refractivity (Wildman–Crippen MR) is 116 cm³/mol. The van der Waals surface area contributed by atoms with Crippen LogP contribution in [0.2, 0.25) is 0 Å². The van der Waals surface area contributed by atoms with E-state index in [1.807, 2.05) is 19.1 Å². The zero-order chi connectivity index (χ0) is 24.3. The molecule has 0 fully saturated rings. The molecule has 0 aliphatic rings. The number of halogens is 3. The molecule has 0 aliphatic carbocycles. The summed E-state index contributed by atoms with van der Waals surface area (Å²) in [6.45, 7) is 5.25. The maximum atomic E-state index is 13.5. The molecule has 0 saturated heterocycles. The summed E-state index contributed by atoms with van der Waals surface area (Å²) < 4.78 is 56.2. The highest BCUT2D eigenvalue weighted by Gasteiger charge is 2.37. The molecular formula is C24H28F3NO5. The van der Waals surface area contributed by atoms with Gasteiger partial charge in [-0.2, -0.15) is 13.2 Å². The Balaban J connectivity index is 2.03. The van der Waals surface area contributed by atoms with E-state index in [0.29, 0.717) is 38.4 Å². The largest absolute Gasteiger partial charge is 0.491 e. The highest BCUT2D eigenvalue weighted by molar-refractivity contribution is 5.99. The molecule has 0 aliphatic heterocycles. The molecule has 0 aromatic heterocycles. The van der Waals surface area contributed by atoms with Crippen LogP contribution in [0.4, 0.5) is 13.2 Å². The minimum Gasteiger partial charge on any atom is -0.491 e. The van der Waals surface area contributed by atoms with Crippen LogP contribution < -0.4 is 14.8 Å². The fourth-order valence-corrected chi connectivity index (χ4v) is 2.99. The SMILES string of the molecule is CCCC(=O)Oc1cccc(C(F)(F)F)c1C(=O)NCCc1ccc(OCCOCC)cc1. The minimum absolute atomic E-state index is 0.0304. The lowest BCUT2D eigenvalue weighted by Crippen LogP contribution is -2.29. The summed E-state index contributed by atoms with van der Waals surface area (Å²) in [6.07, 6.45) is -3.89. The van der Waals surface area contributed by atoms with Crippen molar-refractivity contribution in [3.63, 3.8) is 0 Å². The third-order valence-corrected chi connectivity index (χ3v) is 4.56. The van der Waals surface area contributed by atoms with Crippen LogP contribution >= 0.6 is 0 Å². The summed E-state index contributed by atoms with van der Waals surface area (Å²) in [7, 11) is 0. The van der Waals surface area contributed by atoms with Crippen LogP contribution in [0.1, 0.15) is 48.2 Å². The normalized spacial score (nSPS) is 11.2. The maximum Gasteiger partial charge on any atom is 0.417 e. The first kappa shape index (κ1) is 26.2. The number of hydrogen-bond donors (Lipinski definition) is 1. The lowest BCUT2D eigenvalue weighted by molar-refractivity contribution is -0.139. The van der Waals surface area contributed by atoms with Gasteiger partial charge in [-0.25, -0.2) is 0 Å². The topological polar surface area (TPSA) is 73.9 Å². The van der Waals surface area contributed by atoms with E-state index in [1.54, 1.807) is 19.1 Å². The second-order valence-corrected chi connectivity index (χ2v) is 7.10. The van der Waals surface area contributed by atoms with Crippen molar-refractivity contribution in [2.45, 2.75) is 39.3 Å². The van der Waals surface area contributed by atoms with Gasteiger partial charge in [-0.15, -0.1) is 0 Å². The van der Waals surface area contributed by atoms with Crippen molar-refractivity contribution in [2.24, 2.45) is 0 Å². The maximum absolute atomic E-state index is 13.5. The van der Waals surface area contributed by atoms with Crippen molar-refractivity contribution in [3.05, 3.63) is 59.2 Å². The van der Waals surface area contributed by atoms with Crippen LogP contribution in [0.15, 0.2) is 42.5 Å². The molecule has 1 N–H and O–H groups in total. The smallest absolute Gasteiger partial charge is 0.417 e. The predicted octanol–water partition coefficient (Wildman–Crippen LogP) is 4.80. The van der Waals surface area contributed by atoms with Gasteiger partial charge in [-0.3, -0.25) is 9.59 Å². The first-order valence-electron chi connectivity index (χ1n) is 10.7. The number of rotatable bonds is 12. The van der Waals surface area contributed by atoms with Gasteiger partial charge in [0, 0.05) is 19.6 Å². The zero-order valence-corrected chi connectivity index (χ0v) is 18.7. The fourth-order valence-electron chi connectivity index (χ4n) is 2.99. The lowest BCUT2D eigenvalue weighted by Gasteiger charge is -2.16. The van der Waals surface area contributed by atoms with Gasteiger partial charge in [-0.1, -0.05) is 25.1 Å². The number of hydrogen-bond acceptors (Lipinski definition) is 5. The number of benzene rings is 2. The average molecular weight is 467 g/mol. The molecule has 0 unspecified atom stereocenters. The second kappa shape index (κ2) is 12.8. The number of nitrogens with one attached hydrogen (secondary N) is 1. The van der Waals surface area contributed by atoms with E-state index in [0.717, 1.165) is 17.7 Å². The van der Waals surface area contributed by atoms with Crippen molar-refractivity contribution in [2.75, 3.05) is 26.4 Å². The van der Waals surface area contributed by atoms with Crippen LogP contribution in [-0.2, 0) is 22.1 Å². The Morgan fingerprint density at radius 2 is 1.73 bits per heavy atom. The minimum atomic E-state index is -4.78. The molecule has 0 spiro atoms. The second-order valence-electron chi connectivity index (χ2n) is 7.10. The Morgan fingerprint density at radius 1 is 1.00 bits per heavy atom. The number of carbonyl (C=O) groups is 2. The Labute approximate surface area is 191 Å². The van der Waals surface area contributed by atoms with Crippen molar-refractivity contribution < 1.29 is 37.0 Å². The molecule has 2 aromatic rings. The summed E-state index contributed by atoms with van der Waals surface area (Å²) >= 11 is 0. The van der Waals surface area contributed by atoms with E-state index >= 15 is 0 Å². The number of amides is 1. The van der Waals surface area contributed by atoms with Crippen LogP contribution in [0.25, 0.3) is 0 Å². The molecule has 2 aromatic carbocycles. The van der Waals surface area contributed by atoms with Gasteiger partial charge < -0.3 is 19.5 Å². The van der Waals surface area contributed by atoms with Crippen LogP contribution in [0.3, 0.4) is 0 Å². The van der Waals surface area contributed by atoms with E-state index in [1.165, 1.54) is 6.07 Å². The first-order chi connectivity index (χ1) is 15.8. The van der Waals surface area contributed by atoms with Gasteiger partial charge in [0.05, 0.1) is 17.7 Å². The van der Waals surface area contributed by atoms with Gasteiger partial charge >= 0.3 is 12.1 Å². The van der Waals surface area contributed by atoms with Gasteiger partial charge in [0.1, 0.15) is 18.1 Å². The average Bonchev–Trinajstić information content (AvgIpc) is 2.77. The molecule has 1 amide bonds. The molecule has 0 bridgehead atoms. The van der Waals surface area contributed by atoms with Gasteiger partial charge in [0.2, 0.25) is 0 Å². The molecule has 0 heterocycles. The first-order valence-corrected chi connectivity index (χ1v) is 10.7. The van der Waals surface area contributed by atoms with E-state index in [-0.39, 0.29) is 13.0 Å². The number of ether oxygens (including phenoxy) is 3. The zero-order valence-electron chi connectivity index (χ0n) is 18.7. The third-order valence-electron chi connectivity index (χ3n) is 4.56. The summed E-state index contributed by atoms with van der Waals surface area (Å²) in [5.41, 5.74) is -0.992. The summed E-state index contributed by atoms with van der Waals surface area (Å²) in [5.74, 6) is -1.40. The van der Waals surface area contributed by atoms with E-state index in [2.05, 4.69) is 5.32 Å². The third kappa shape index (κ3) is 8.42. The summed E-state index contributed by atoms with van der Waals surface area (Å²) in [4.78, 5) is 24.5. The van der Waals surface area contributed by atoms with Gasteiger partial charge in [-0.05, 0) is 49.6 Å². The summed E-state index contributed by atoms with van der Waals surface area (Å²) in [5, 5.41) is 2.49. The van der Waals surface area contributed by atoms with Crippen LogP contribution in [-0.4, -0.2) is 38.2 Å². The Bertz CT molecular complexity index is 913. The fraction of sp³-hybridized carbons (Fsp3) is 0.417. The number of esters is 1. The summed E-state index contributed by atoms with van der Waals surface area (Å²) in [6, 6.07) is 10.2. The van der Waals surface area contributed by atoms with Crippen molar-refractivity contribution >= 4 is 11.9 Å². The molecule has 0 saturated carbocycles. The molecule has 2 rings (SSSR count). The van der Waals surface area contributed by atoms with Gasteiger partial charge in [0.15, 0.2) is 0 Å². The number of carbonyl (C=O) groups excluding carboxylic acids is 2. The van der Waals surface area contributed by atoms with Crippen LogP contribution in [0, 0.1) is 0 Å². The molecule has 6 nitrogen and oxygen atoms in total. The van der Waals surface area contributed by atoms with Crippen molar-refractivity contribution in [1.82, 2.24) is 5.32 Å².